The van der Waals surface area contributed by atoms with Crippen molar-refractivity contribution in [3.05, 3.63) is 63.1 Å². The van der Waals surface area contributed by atoms with E-state index in [1.807, 2.05) is 52.8 Å². The van der Waals surface area contributed by atoms with Gasteiger partial charge in [0.25, 0.3) is 5.91 Å². The molecule has 2 unspecified atom stereocenters. The van der Waals surface area contributed by atoms with Gasteiger partial charge in [-0.25, -0.2) is 0 Å². The predicted molar refractivity (Wildman–Crippen MR) is 130 cm³/mol. The topological polar surface area (TPSA) is 58.6 Å². The quantitative estimate of drug-likeness (QED) is 0.475. The van der Waals surface area contributed by atoms with Gasteiger partial charge in [-0.05, 0) is 68.5 Å². The fourth-order valence-corrected chi connectivity index (χ4v) is 3.75. The molecule has 0 heterocycles. The van der Waals surface area contributed by atoms with E-state index in [9.17, 15) is 9.59 Å². The first-order chi connectivity index (χ1) is 15.2. The SMILES string of the molecule is CCC(C)NC(=O)C(CC)N(Cc1ccc(Cl)cc1Cl)C(=O)COc1cc(C)ccc1C. The lowest BCUT2D eigenvalue weighted by Gasteiger charge is -2.31. The number of aryl methyl sites for hydroxylation is 2. The van der Waals surface area contributed by atoms with Crippen LogP contribution in [-0.2, 0) is 16.1 Å². The number of carbonyl (C=O) groups is 2. The van der Waals surface area contributed by atoms with Gasteiger partial charge < -0.3 is 15.0 Å². The average molecular weight is 479 g/mol. The van der Waals surface area contributed by atoms with Gasteiger partial charge in [0.15, 0.2) is 6.61 Å². The number of benzene rings is 2. The molecule has 1 N–H and O–H groups in total. The zero-order chi connectivity index (χ0) is 23.8. The standard InChI is InChI=1S/C25H32Cl2N2O3/c1-6-18(5)28-25(31)22(7-2)29(14-19-10-11-20(26)13-21(19)27)24(30)15-32-23-12-16(3)8-9-17(23)4/h8-13,18,22H,6-7,14-15H2,1-5H3,(H,28,31). The smallest absolute Gasteiger partial charge is 0.261 e. The Morgan fingerprint density at radius 2 is 1.78 bits per heavy atom. The average Bonchev–Trinajstić information content (AvgIpc) is 2.75. The zero-order valence-corrected chi connectivity index (χ0v) is 20.9. The van der Waals surface area contributed by atoms with Crippen LogP contribution >= 0.6 is 23.2 Å². The van der Waals surface area contributed by atoms with Crippen molar-refractivity contribution in [1.82, 2.24) is 10.2 Å². The molecular formula is C25H32Cl2N2O3. The Hall–Kier alpha value is -2.24. The number of halogens is 2. The maximum Gasteiger partial charge on any atom is 0.261 e. The number of hydrogen-bond donors (Lipinski definition) is 1. The molecule has 174 valence electrons. The molecule has 2 atom stereocenters. The van der Waals surface area contributed by atoms with Crippen LogP contribution in [0.5, 0.6) is 5.75 Å². The van der Waals surface area contributed by atoms with Crippen molar-refractivity contribution in [2.24, 2.45) is 0 Å². The normalized spacial score (nSPS) is 12.7. The highest BCUT2D eigenvalue weighted by Gasteiger charge is 2.30. The molecule has 2 aromatic carbocycles. The lowest BCUT2D eigenvalue weighted by atomic mass is 10.1. The molecule has 2 amide bonds. The molecule has 0 spiro atoms. The molecule has 0 bridgehead atoms. The van der Waals surface area contributed by atoms with Crippen molar-refractivity contribution in [2.45, 2.75) is 66.1 Å². The highest BCUT2D eigenvalue weighted by Crippen LogP contribution is 2.24. The van der Waals surface area contributed by atoms with Crippen LogP contribution in [0.4, 0.5) is 0 Å². The number of carbonyl (C=O) groups excluding carboxylic acids is 2. The van der Waals surface area contributed by atoms with Crippen molar-refractivity contribution >= 4 is 35.0 Å². The Morgan fingerprint density at radius 1 is 1.06 bits per heavy atom. The van der Waals surface area contributed by atoms with Crippen LogP contribution in [0, 0.1) is 13.8 Å². The van der Waals surface area contributed by atoms with E-state index in [2.05, 4.69) is 5.32 Å². The van der Waals surface area contributed by atoms with E-state index in [1.54, 1.807) is 18.2 Å². The summed E-state index contributed by atoms with van der Waals surface area (Å²) < 4.78 is 5.85. The van der Waals surface area contributed by atoms with Crippen LogP contribution in [0.25, 0.3) is 0 Å². The number of nitrogens with one attached hydrogen (secondary N) is 1. The maximum absolute atomic E-state index is 13.3. The molecule has 0 saturated heterocycles. The van der Waals surface area contributed by atoms with E-state index < -0.39 is 6.04 Å². The molecule has 32 heavy (non-hydrogen) atoms. The molecule has 0 aliphatic heterocycles. The zero-order valence-electron chi connectivity index (χ0n) is 19.4. The summed E-state index contributed by atoms with van der Waals surface area (Å²) in [5.74, 6) is 0.176. The van der Waals surface area contributed by atoms with Crippen LogP contribution in [0.2, 0.25) is 10.0 Å². The van der Waals surface area contributed by atoms with Crippen LogP contribution in [-0.4, -0.2) is 35.4 Å². The molecule has 0 radical (unpaired) electrons. The highest BCUT2D eigenvalue weighted by molar-refractivity contribution is 6.35. The summed E-state index contributed by atoms with van der Waals surface area (Å²) in [4.78, 5) is 27.8. The fourth-order valence-electron chi connectivity index (χ4n) is 3.28. The number of hydrogen-bond acceptors (Lipinski definition) is 3. The predicted octanol–water partition coefficient (Wildman–Crippen LogP) is 5.71. The van der Waals surface area contributed by atoms with Crippen molar-refractivity contribution in [3.8, 4) is 5.75 Å². The molecule has 0 aromatic heterocycles. The van der Waals surface area contributed by atoms with Gasteiger partial charge in [-0.2, -0.15) is 0 Å². The molecule has 5 nitrogen and oxygen atoms in total. The first kappa shape index (κ1) is 26.0. The summed E-state index contributed by atoms with van der Waals surface area (Å²) in [5, 5.41) is 3.95. The second kappa shape index (κ2) is 12.1. The molecule has 0 saturated carbocycles. The van der Waals surface area contributed by atoms with E-state index in [0.717, 1.165) is 17.5 Å². The van der Waals surface area contributed by atoms with Gasteiger partial charge in [0, 0.05) is 22.6 Å². The van der Waals surface area contributed by atoms with E-state index in [-0.39, 0.29) is 31.0 Å². The van der Waals surface area contributed by atoms with Crippen molar-refractivity contribution in [1.29, 1.82) is 0 Å². The molecule has 7 heteroatoms. The van der Waals surface area contributed by atoms with Gasteiger partial charge in [0.1, 0.15) is 11.8 Å². The van der Waals surface area contributed by atoms with E-state index >= 15 is 0 Å². The minimum atomic E-state index is -0.648. The van der Waals surface area contributed by atoms with Crippen molar-refractivity contribution in [3.63, 3.8) is 0 Å². The molecule has 2 aromatic rings. The minimum absolute atomic E-state index is 0.0128. The van der Waals surface area contributed by atoms with Gasteiger partial charge in [0.2, 0.25) is 5.91 Å². The molecule has 0 aliphatic rings. The first-order valence-corrected chi connectivity index (χ1v) is 11.7. The monoisotopic (exact) mass is 478 g/mol. The van der Waals surface area contributed by atoms with E-state index in [4.69, 9.17) is 27.9 Å². The summed E-state index contributed by atoms with van der Waals surface area (Å²) in [6.45, 7) is 9.72. The first-order valence-electron chi connectivity index (χ1n) is 10.9. The third-order valence-corrected chi connectivity index (χ3v) is 6.02. The van der Waals surface area contributed by atoms with Gasteiger partial charge >= 0.3 is 0 Å². The molecular weight excluding hydrogens is 447 g/mol. The van der Waals surface area contributed by atoms with Gasteiger partial charge in [0.05, 0.1) is 0 Å². The van der Waals surface area contributed by atoms with E-state index in [0.29, 0.717) is 27.8 Å². The Balaban J connectivity index is 2.29. The van der Waals surface area contributed by atoms with Crippen molar-refractivity contribution in [2.75, 3.05) is 6.61 Å². The van der Waals surface area contributed by atoms with Gasteiger partial charge in [-0.3, -0.25) is 9.59 Å². The summed E-state index contributed by atoms with van der Waals surface area (Å²) in [5.41, 5.74) is 2.70. The molecule has 0 aliphatic carbocycles. The number of ether oxygens (including phenoxy) is 1. The fraction of sp³-hybridized carbons (Fsp3) is 0.440. The summed E-state index contributed by atoms with van der Waals surface area (Å²) in [6, 6.07) is 10.3. The lowest BCUT2D eigenvalue weighted by Crippen LogP contribution is -2.51. The Kier molecular flexibility index (Phi) is 9.85. The second-order valence-corrected chi connectivity index (χ2v) is 8.90. The lowest BCUT2D eigenvalue weighted by molar-refractivity contribution is -0.143. The highest BCUT2D eigenvalue weighted by atomic mass is 35.5. The maximum atomic E-state index is 13.3. The van der Waals surface area contributed by atoms with Gasteiger partial charge in [-0.1, -0.05) is 55.2 Å². The summed E-state index contributed by atoms with van der Waals surface area (Å²) in [6.07, 6.45) is 1.26. The third kappa shape index (κ3) is 7.14. The minimum Gasteiger partial charge on any atom is -0.483 e. The van der Waals surface area contributed by atoms with Crippen LogP contribution in [0.15, 0.2) is 36.4 Å². The Morgan fingerprint density at radius 3 is 2.41 bits per heavy atom. The Bertz CT molecular complexity index is 949. The van der Waals surface area contributed by atoms with Crippen LogP contribution in [0.1, 0.15) is 50.3 Å². The largest absolute Gasteiger partial charge is 0.483 e. The van der Waals surface area contributed by atoms with Crippen LogP contribution in [0.3, 0.4) is 0 Å². The van der Waals surface area contributed by atoms with Gasteiger partial charge in [-0.15, -0.1) is 0 Å². The van der Waals surface area contributed by atoms with Crippen LogP contribution < -0.4 is 10.1 Å². The van der Waals surface area contributed by atoms with E-state index in [1.165, 1.54) is 4.90 Å². The molecule has 0 fully saturated rings. The third-order valence-electron chi connectivity index (χ3n) is 5.44. The number of nitrogens with zero attached hydrogens (tertiary/aromatic N) is 1. The molecule has 2 rings (SSSR count). The summed E-state index contributed by atoms with van der Waals surface area (Å²) >= 11 is 12.4. The Labute approximate surface area is 201 Å². The van der Waals surface area contributed by atoms with Crippen molar-refractivity contribution < 1.29 is 14.3 Å². The number of amides is 2. The number of rotatable bonds is 10. The summed E-state index contributed by atoms with van der Waals surface area (Å²) in [7, 11) is 0. The second-order valence-electron chi connectivity index (χ2n) is 8.06.